The van der Waals surface area contributed by atoms with Crippen LogP contribution in [-0.2, 0) is 11.3 Å². The first-order valence-electron chi connectivity index (χ1n) is 6.01. The van der Waals surface area contributed by atoms with E-state index in [0.717, 1.165) is 24.6 Å². The summed E-state index contributed by atoms with van der Waals surface area (Å²) in [6.45, 7) is 5.38. The maximum absolute atomic E-state index is 5.67. The molecule has 3 rings (SSSR count). The van der Waals surface area contributed by atoms with E-state index in [1.54, 1.807) is 11.3 Å². The lowest BCUT2D eigenvalue weighted by Gasteiger charge is -2.29. The molecule has 0 radical (unpaired) electrons. The predicted octanol–water partition coefficient (Wildman–Crippen LogP) is 2.02. The number of hydrogen-bond acceptors (Lipinski definition) is 6. The number of ether oxygens (including phenoxy) is 1. The highest BCUT2D eigenvalue weighted by Crippen LogP contribution is 2.23. The lowest BCUT2D eigenvalue weighted by molar-refractivity contribution is -0.0235. The molecule has 1 aliphatic heterocycles. The molecule has 1 atom stereocenters. The maximum atomic E-state index is 5.67. The van der Waals surface area contributed by atoms with Crippen molar-refractivity contribution in [3.63, 3.8) is 0 Å². The Kier molecular flexibility index (Phi) is 3.40. The molecule has 5 nitrogen and oxygen atoms in total. The van der Waals surface area contributed by atoms with Gasteiger partial charge in [-0.2, -0.15) is 0 Å². The summed E-state index contributed by atoms with van der Waals surface area (Å²) in [5.74, 6) is 1.29. The van der Waals surface area contributed by atoms with Crippen molar-refractivity contribution in [3.8, 4) is 10.8 Å². The van der Waals surface area contributed by atoms with Gasteiger partial charge in [0.1, 0.15) is 0 Å². The van der Waals surface area contributed by atoms with E-state index in [1.807, 2.05) is 17.5 Å². The molecular formula is C12H15N3O2S. The standard InChI is InChI=1S/C12H15N3O2S/c1-9-7-15(4-5-16-9)8-11-13-14-12(17-11)10-3-2-6-18-10/h2-3,6,9H,4-5,7-8H2,1H3. The van der Waals surface area contributed by atoms with Crippen molar-refractivity contribution in [2.45, 2.75) is 19.6 Å². The molecule has 0 saturated carbocycles. The third-order valence-electron chi connectivity index (χ3n) is 2.88. The largest absolute Gasteiger partial charge is 0.419 e. The Morgan fingerprint density at radius 3 is 3.22 bits per heavy atom. The molecule has 1 fully saturated rings. The van der Waals surface area contributed by atoms with Crippen molar-refractivity contribution in [1.29, 1.82) is 0 Å². The van der Waals surface area contributed by atoms with Crippen molar-refractivity contribution in [2.24, 2.45) is 0 Å². The third-order valence-corrected chi connectivity index (χ3v) is 3.74. The number of hydrogen-bond donors (Lipinski definition) is 0. The smallest absolute Gasteiger partial charge is 0.257 e. The van der Waals surface area contributed by atoms with Crippen LogP contribution in [0.15, 0.2) is 21.9 Å². The van der Waals surface area contributed by atoms with E-state index in [1.165, 1.54) is 0 Å². The maximum Gasteiger partial charge on any atom is 0.257 e. The second-order valence-corrected chi connectivity index (χ2v) is 5.34. The molecule has 2 aromatic rings. The molecule has 0 spiro atoms. The second kappa shape index (κ2) is 5.17. The monoisotopic (exact) mass is 265 g/mol. The van der Waals surface area contributed by atoms with Gasteiger partial charge >= 0.3 is 0 Å². The molecule has 3 heterocycles. The average molecular weight is 265 g/mol. The third kappa shape index (κ3) is 2.60. The zero-order chi connectivity index (χ0) is 12.4. The topological polar surface area (TPSA) is 51.4 Å². The van der Waals surface area contributed by atoms with Crippen LogP contribution >= 0.6 is 11.3 Å². The fourth-order valence-electron chi connectivity index (χ4n) is 2.04. The Hall–Kier alpha value is -1.24. The molecule has 96 valence electrons. The van der Waals surface area contributed by atoms with Gasteiger partial charge < -0.3 is 9.15 Å². The highest BCUT2D eigenvalue weighted by molar-refractivity contribution is 7.13. The fraction of sp³-hybridized carbons (Fsp3) is 0.500. The molecule has 1 saturated heterocycles. The van der Waals surface area contributed by atoms with Gasteiger partial charge in [0.25, 0.3) is 5.89 Å². The van der Waals surface area contributed by atoms with E-state index >= 15 is 0 Å². The average Bonchev–Trinajstić information content (AvgIpc) is 2.98. The molecule has 18 heavy (non-hydrogen) atoms. The summed E-state index contributed by atoms with van der Waals surface area (Å²) in [5.41, 5.74) is 0. The van der Waals surface area contributed by atoms with Gasteiger partial charge in [-0.25, -0.2) is 0 Å². The van der Waals surface area contributed by atoms with Gasteiger partial charge in [-0.1, -0.05) is 6.07 Å². The molecular weight excluding hydrogens is 250 g/mol. The first kappa shape index (κ1) is 11.8. The van der Waals surface area contributed by atoms with E-state index < -0.39 is 0 Å². The summed E-state index contributed by atoms with van der Waals surface area (Å²) < 4.78 is 11.2. The van der Waals surface area contributed by atoms with Crippen LogP contribution in [-0.4, -0.2) is 40.9 Å². The summed E-state index contributed by atoms with van der Waals surface area (Å²) in [7, 11) is 0. The number of nitrogens with zero attached hydrogens (tertiary/aromatic N) is 3. The van der Waals surface area contributed by atoms with E-state index in [9.17, 15) is 0 Å². The van der Waals surface area contributed by atoms with E-state index in [4.69, 9.17) is 9.15 Å². The second-order valence-electron chi connectivity index (χ2n) is 4.39. The zero-order valence-corrected chi connectivity index (χ0v) is 11.0. The summed E-state index contributed by atoms with van der Waals surface area (Å²) in [5, 5.41) is 10.2. The van der Waals surface area contributed by atoms with Crippen molar-refractivity contribution in [3.05, 3.63) is 23.4 Å². The van der Waals surface area contributed by atoms with Crippen LogP contribution in [0, 0.1) is 0 Å². The first-order chi connectivity index (χ1) is 8.81. The summed E-state index contributed by atoms with van der Waals surface area (Å²) >= 11 is 1.61. The van der Waals surface area contributed by atoms with Crippen molar-refractivity contribution >= 4 is 11.3 Å². The van der Waals surface area contributed by atoms with Gasteiger partial charge in [0.05, 0.1) is 24.1 Å². The molecule has 1 aliphatic rings. The van der Waals surface area contributed by atoms with Crippen LogP contribution in [0.1, 0.15) is 12.8 Å². The lowest BCUT2D eigenvalue weighted by Crippen LogP contribution is -2.40. The molecule has 0 N–H and O–H groups in total. The molecule has 2 aromatic heterocycles. The minimum atomic E-state index is 0.276. The van der Waals surface area contributed by atoms with E-state index in [-0.39, 0.29) is 6.10 Å². The zero-order valence-electron chi connectivity index (χ0n) is 10.2. The first-order valence-corrected chi connectivity index (χ1v) is 6.89. The Morgan fingerprint density at radius 2 is 2.44 bits per heavy atom. The molecule has 0 amide bonds. The van der Waals surface area contributed by atoms with Crippen LogP contribution in [0.25, 0.3) is 10.8 Å². The van der Waals surface area contributed by atoms with Crippen LogP contribution in [0.3, 0.4) is 0 Å². The van der Waals surface area contributed by atoms with Gasteiger partial charge in [-0.15, -0.1) is 21.5 Å². The molecule has 0 bridgehead atoms. The van der Waals surface area contributed by atoms with Crippen molar-refractivity contribution in [1.82, 2.24) is 15.1 Å². The minimum Gasteiger partial charge on any atom is -0.419 e. The highest BCUT2D eigenvalue weighted by atomic mass is 32.1. The predicted molar refractivity (Wildman–Crippen MR) is 68.3 cm³/mol. The van der Waals surface area contributed by atoms with Gasteiger partial charge in [0, 0.05) is 13.1 Å². The highest BCUT2D eigenvalue weighted by Gasteiger charge is 2.19. The Balaban J connectivity index is 1.66. The number of rotatable bonds is 3. The number of aromatic nitrogens is 2. The Morgan fingerprint density at radius 1 is 1.50 bits per heavy atom. The summed E-state index contributed by atoms with van der Waals surface area (Å²) in [6, 6.07) is 3.96. The van der Waals surface area contributed by atoms with Gasteiger partial charge in [0.15, 0.2) is 0 Å². The van der Waals surface area contributed by atoms with E-state index in [2.05, 4.69) is 22.0 Å². The van der Waals surface area contributed by atoms with Crippen molar-refractivity contribution in [2.75, 3.05) is 19.7 Å². The van der Waals surface area contributed by atoms with Crippen LogP contribution < -0.4 is 0 Å². The molecule has 0 aliphatic carbocycles. The van der Waals surface area contributed by atoms with Gasteiger partial charge in [-0.3, -0.25) is 4.90 Å². The number of thiophene rings is 1. The van der Waals surface area contributed by atoms with Crippen molar-refractivity contribution < 1.29 is 9.15 Å². The number of morpholine rings is 1. The van der Waals surface area contributed by atoms with Crippen LogP contribution in [0.2, 0.25) is 0 Å². The van der Waals surface area contributed by atoms with Gasteiger partial charge in [-0.05, 0) is 18.4 Å². The lowest BCUT2D eigenvalue weighted by atomic mass is 10.3. The Bertz CT molecular complexity index is 497. The molecule has 1 unspecified atom stereocenters. The summed E-state index contributed by atoms with van der Waals surface area (Å²) in [4.78, 5) is 3.30. The minimum absolute atomic E-state index is 0.276. The molecule has 0 aromatic carbocycles. The van der Waals surface area contributed by atoms with E-state index in [0.29, 0.717) is 18.3 Å². The fourth-order valence-corrected chi connectivity index (χ4v) is 2.69. The van der Waals surface area contributed by atoms with Crippen LogP contribution in [0.4, 0.5) is 0 Å². The normalized spacial score (nSPS) is 21.3. The SMILES string of the molecule is CC1CN(Cc2nnc(-c3cccs3)o2)CCO1. The quantitative estimate of drug-likeness (QED) is 0.849. The summed E-state index contributed by atoms with van der Waals surface area (Å²) in [6.07, 6.45) is 0.276. The molecule has 6 heteroatoms. The Labute approximate surface area is 109 Å². The van der Waals surface area contributed by atoms with Gasteiger partial charge in [0.2, 0.25) is 5.89 Å². The van der Waals surface area contributed by atoms with Crippen LogP contribution in [0.5, 0.6) is 0 Å².